The summed E-state index contributed by atoms with van der Waals surface area (Å²) in [6, 6.07) is 3.36. The van der Waals surface area contributed by atoms with Crippen molar-refractivity contribution in [2.45, 2.75) is 31.6 Å². The van der Waals surface area contributed by atoms with E-state index in [-0.39, 0.29) is 5.56 Å². The van der Waals surface area contributed by atoms with E-state index >= 15 is 0 Å². The van der Waals surface area contributed by atoms with Crippen molar-refractivity contribution >= 4 is 0 Å². The monoisotopic (exact) mass is 242 g/mol. The summed E-state index contributed by atoms with van der Waals surface area (Å²) < 4.78 is 0. The molecule has 18 heavy (non-hydrogen) atoms. The summed E-state index contributed by atoms with van der Waals surface area (Å²) in [5.41, 5.74) is 1.44. The zero-order chi connectivity index (χ0) is 12.4. The lowest BCUT2D eigenvalue weighted by Gasteiger charge is -2.09. The number of nitrogens with one attached hydrogen (secondary N) is 1. The molecule has 3 rings (SSSR count). The first-order valence-corrected chi connectivity index (χ1v) is 6.20. The van der Waals surface area contributed by atoms with Crippen molar-refractivity contribution in [3.63, 3.8) is 0 Å². The molecule has 92 valence electrons. The van der Waals surface area contributed by atoms with Gasteiger partial charge in [0.1, 0.15) is 12.0 Å². The minimum Gasteiger partial charge on any atom is -0.305 e. The molecule has 0 aromatic carbocycles. The molecule has 0 bridgehead atoms. The van der Waals surface area contributed by atoms with E-state index < -0.39 is 0 Å². The van der Waals surface area contributed by atoms with E-state index in [4.69, 9.17) is 0 Å². The number of hydrogen-bond donors (Lipinski definition) is 1. The van der Waals surface area contributed by atoms with Crippen LogP contribution < -0.4 is 5.56 Å². The molecule has 1 aliphatic rings. The quantitative estimate of drug-likeness (QED) is 0.872. The number of aromatic amines is 1. The van der Waals surface area contributed by atoms with Gasteiger partial charge in [0.05, 0.1) is 5.69 Å². The fourth-order valence-corrected chi connectivity index (χ4v) is 2.46. The van der Waals surface area contributed by atoms with Gasteiger partial charge in [0, 0.05) is 18.2 Å². The van der Waals surface area contributed by atoms with Crippen molar-refractivity contribution < 1.29 is 0 Å². The predicted octanol–water partition coefficient (Wildman–Crippen LogP) is 1.88. The smallest absolute Gasteiger partial charge is 0.251 e. The highest BCUT2D eigenvalue weighted by Gasteiger charge is 2.19. The molecule has 0 radical (unpaired) electrons. The maximum absolute atomic E-state index is 11.7. The molecular formula is C13H14N4O. The summed E-state index contributed by atoms with van der Waals surface area (Å²) in [6.07, 6.45) is 7.80. The van der Waals surface area contributed by atoms with Crippen molar-refractivity contribution in [1.82, 2.24) is 19.9 Å². The first kappa shape index (κ1) is 11.1. The van der Waals surface area contributed by atoms with Gasteiger partial charge in [-0.25, -0.2) is 15.0 Å². The van der Waals surface area contributed by atoms with E-state index in [0.717, 1.165) is 18.5 Å². The van der Waals surface area contributed by atoms with E-state index in [1.807, 2.05) is 0 Å². The highest BCUT2D eigenvalue weighted by atomic mass is 16.1. The number of hydrogen-bond acceptors (Lipinski definition) is 4. The molecule has 1 saturated carbocycles. The van der Waals surface area contributed by atoms with Gasteiger partial charge in [-0.05, 0) is 18.9 Å². The molecule has 2 aromatic heterocycles. The Hall–Kier alpha value is -2.04. The van der Waals surface area contributed by atoms with Crippen molar-refractivity contribution in [2.75, 3.05) is 0 Å². The maximum Gasteiger partial charge on any atom is 0.251 e. The van der Waals surface area contributed by atoms with Gasteiger partial charge in [0.2, 0.25) is 0 Å². The van der Waals surface area contributed by atoms with Crippen LogP contribution in [0.15, 0.2) is 29.5 Å². The third kappa shape index (κ3) is 2.16. The van der Waals surface area contributed by atoms with E-state index in [1.165, 1.54) is 19.2 Å². The fraction of sp³-hybridized carbons (Fsp3) is 0.385. The van der Waals surface area contributed by atoms with Crippen LogP contribution in [0.3, 0.4) is 0 Å². The molecule has 0 saturated heterocycles. The highest BCUT2D eigenvalue weighted by molar-refractivity contribution is 5.47. The first-order valence-electron chi connectivity index (χ1n) is 6.20. The lowest BCUT2D eigenvalue weighted by atomic mass is 10.0. The molecule has 5 nitrogen and oxygen atoms in total. The normalized spacial score (nSPS) is 16.0. The molecule has 1 N–H and O–H groups in total. The van der Waals surface area contributed by atoms with Crippen LogP contribution in [-0.2, 0) is 0 Å². The van der Waals surface area contributed by atoms with Crippen LogP contribution in [0, 0.1) is 0 Å². The Morgan fingerprint density at radius 1 is 1.28 bits per heavy atom. The Kier molecular flexibility index (Phi) is 2.88. The molecule has 1 fully saturated rings. The standard InChI is InChI=1S/C13H14N4O/c18-12-7-11(9-3-1-2-4-9)16-13(17-12)10-5-6-14-8-15-10/h5-9H,1-4H2,(H,16,17,18). The van der Waals surface area contributed by atoms with Crippen LogP contribution in [0.2, 0.25) is 0 Å². The summed E-state index contributed by atoms with van der Waals surface area (Å²) >= 11 is 0. The van der Waals surface area contributed by atoms with E-state index in [2.05, 4.69) is 19.9 Å². The summed E-state index contributed by atoms with van der Waals surface area (Å²) in [5.74, 6) is 0.958. The topological polar surface area (TPSA) is 71.5 Å². The van der Waals surface area contributed by atoms with E-state index in [9.17, 15) is 4.79 Å². The Morgan fingerprint density at radius 2 is 2.11 bits per heavy atom. The van der Waals surface area contributed by atoms with Crippen LogP contribution in [0.5, 0.6) is 0 Å². The Labute approximate surface area is 104 Å². The number of aromatic nitrogens is 4. The summed E-state index contributed by atoms with van der Waals surface area (Å²) in [6.45, 7) is 0. The van der Waals surface area contributed by atoms with Crippen molar-refractivity contribution in [3.05, 3.63) is 40.7 Å². The molecule has 0 atom stereocenters. The van der Waals surface area contributed by atoms with Gasteiger partial charge < -0.3 is 4.98 Å². The second kappa shape index (κ2) is 4.68. The molecular weight excluding hydrogens is 228 g/mol. The number of H-pyrrole nitrogens is 1. The second-order valence-corrected chi connectivity index (χ2v) is 4.59. The zero-order valence-electron chi connectivity index (χ0n) is 9.97. The lowest BCUT2D eigenvalue weighted by Crippen LogP contribution is -2.12. The molecule has 2 aromatic rings. The molecule has 1 aliphatic carbocycles. The highest BCUT2D eigenvalue weighted by Crippen LogP contribution is 2.32. The molecule has 0 aliphatic heterocycles. The largest absolute Gasteiger partial charge is 0.305 e. The SMILES string of the molecule is O=c1cc(C2CCCC2)nc(-c2ccncn2)[nH]1. The van der Waals surface area contributed by atoms with Gasteiger partial charge in [-0.15, -0.1) is 0 Å². The van der Waals surface area contributed by atoms with Gasteiger partial charge in [0.15, 0.2) is 5.82 Å². The molecule has 0 unspecified atom stereocenters. The van der Waals surface area contributed by atoms with Crippen LogP contribution in [0.4, 0.5) is 0 Å². The van der Waals surface area contributed by atoms with Gasteiger partial charge in [-0.2, -0.15) is 0 Å². The van der Waals surface area contributed by atoms with E-state index in [0.29, 0.717) is 17.4 Å². The van der Waals surface area contributed by atoms with Gasteiger partial charge >= 0.3 is 0 Å². The fourth-order valence-electron chi connectivity index (χ4n) is 2.46. The summed E-state index contributed by atoms with van der Waals surface area (Å²) in [7, 11) is 0. The summed E-state index contributed by atoms with van der Waals surface area (Å²) in [5, 5.41) is 0. The third-order valence-corrected chi connectivity index (χ3v) is 3.36. The van der Waals surface area contributed by atoms with Crippen LogP contribution >= 0.6 is 0 Å². The Balaban J connectivity index is 2.03. The van der Waals surface area contributed by atoms with Crippen LogP contribution in [0.1, 0.15) is 37.3 Å². The number of nitrogens with zero attached hydrogens (tertiary/aromatic N) is 3. The predicted molar refractivity (Wildman–Crippen MR) is 67.1 cm³/mol. The maximum atomic E-state index is 11.7. The molecule has 0 spiro atoms. The minimum absolute atomic E-state index is 0.111. The average molecular weight is 242 g/mol. The second-order valence-electron chi connectivity index (χ2n) is 4.59. The Morgan fingerprint density at radius 3 is 2.83 bits per heavy atom. The van der Waals surface area contributed by atoms with Crippen LogP contribution in [0.25, 0.3) is 11.5 Å². The van der Waals surface area contributed by atoms with Gasteiger partial charge in [-0.3, -0.25) is 4.79 Å². The van der Waals surface area contributed by atoms with E-state index in [1.54, 1.807) is 18.3 Å². The first-order chi connectivity index (χ1) is 8.83. The Bertz CT molecular complexity index is 587. The van der Waals surface area contributed by atoms with Crippen molar-refractivity contribution in [2.24, 2.45) is 0 Å². The van der Waals surface area contributed by atoms with Gasteiger partial charge in [-0.1, -0.05) is 12.8 Å². The number of rotatable bonds is 2. The summed E-state index contributed by atoms with van der Waals surface area (Å²) in [4.78, 5) is 26.9. The molecule has 0 amide bonds. The lowest BCUT2D eigenvalue weighted by molar-refractivity contribution is 0.693. The zero-order valence-corrected chi connectivity index (χ0v) is 9.97. The third-order valence-electron chi connectivity index (χ3n) is 3.36. The molecule has 2 heterocycles. The average Bonchev–Trinajstić information content (AvgIpc) is 2.93. The minimum atomic E-state index is -0.111. The van der Waals surface area contributed by atoms with Crippen molar-refractivity contribution in [1.29, 1.82) is 0 Å². The van der Waals surface area contributed by atoms with Gasteiger partial charge in [0.25, 0.3) is 5.56 Å². The molecule has 5 heteroatoms. The van der Waals surface area contributed by atoms with Crippen LogP contribution in [-0.4, -0.2) is 19.9 Å². The van der Waals surface area contributed by atoms with Crippen molar-refractivity contribution in [3.8, 4) is 11.5 Å².